The van der Waals surface area contributed by atoms with E-state index in [2.05, 4.69) is 26.1 Å². The number of rotatable bonds is 5. The third-order valence-electron chi connectivity index (χ3n) is 2.93. The van der Waals surface area contributed by atoms with Gasteiger partial charge in [-0.3, -0.25) is 0 Å². The van der Waals surface area contributed by atoms with Crippen LogP contribution < -0.4 is 10.2 Å². The summed E-state index contributed by atoms with van der Waals surface area (Å²) in [5, 5.41) is 3.37. The second kappa shape index (κ2) is 6.48. The first-order valence-corrected chi connectivity index (χ1v) is 6.69. The van der Waals surface area contributed by atoms with Gasteiger partial charge in [-0.15, -0.1) is 0 Å². The van der Waals surface area contributed by atoms with E-state index in [0.717, 1.165) is 17.8 Å². The van der Waals surface area contributed by atoms with Crippen LogP contribution in [0.5, 0.6) is 0 Å². The van der Waals surface area contributed by atoms with Crippen molar-refractivity contribution >= 4 is 5.69 Å². The Hall–Kier alpha value is -1.23. The van der Waals surface area contributed by atoms with Gasteiger partial charge in [-0.25, -0.2) is 0 Å². The highest BCUT2D eigenvalue weighted by Gasteiger charge is 2.27. The minimum absolute atomic E-state index is 0.0247. The van der Waals surface area contributed by atoms with Crippen molar-refractivity contribution in [3.05, 3.63) is 29.8 Å². The van der Waals surface area contributed by atoms with Crippen molar-refractivity contribution in [1.82, 2.24) is 5.32 Å². The normalized spacial score (nSPS) is 12.6. The van der Waals surface area contributed by atoms with Crippen molar-refractivity contribution in [1.29, 1.82) is 0 Å². The Morgan fingerprint density at radius 3 is 2.05 bits per heavy atom. The summed E-state index contributed by atoms with van der Waals surface area (Å²) < 4.78 is 36.5. The summed E-state index contributed by atoms with van der Waals surface area (Å²) in [5.41, 5.74) is 1.96. The number of nitrogens with one attached hydrogen (secondary N) is 1. The van der Waals surface area contributed by atoms with E-state index >= 15 is 0 Å². The molecule has 0 aliphatic rings. The average Bonchev–Trinajstić information content (AvgIpc) is 2.32. The van der Waals surface area contributed by atoms with Gasteiger partial charge in [0.05, 0.1) is 6.42 Å². The van der Waals surface area contributed by atoms with E-state index in [4.69, 9.17) is 0 Å². The topological polar surface area (TPSA) is 15.3 Å². The van der Waals surface area contributed by atoms with Crippen LogP contribution in [0, 0.1) is 0 Å². The smallest absolute Gasteiger partial charge is 0.374 e. The van der Waals surface area contributed by atoms with Crippen molar-refractivity contribution in [3.63, 3.8) is 0 Å². The zero-order chi connectivity index (χ0) is 15.4. The molecule has 0 spiro atoms. The first kappa shape index (κ1) is 16.8. The van der Waals surface area contributed by atoms with Crippen LogP contribution in [0.25, 0.3) is 0 Å². The lowest BCUT2D eigenvalue weighted by Crippen LogP contribution is -2.35. The number of hydrogen-bond acceptors (Lipinski definition) is 2. The molecule has 0 unspecified atom stereocenters. The molecule has 1 rings (SSSR count). The summed E-state index contributed by atoms with van der Waals surface area (Å²) in [4.78, 5) is 1.62. The number of nitrogens with zero attached hydrogens (tertiary/aromatic N) is 1. The SMILES string of the molecule is CN(CCC(F)(F)F)c1ccc(CNC(C)(C)C)cc1. The van der Waals surface area contributed by atoms with Gasteiger partial charge in [0.2, 0.25) is 0 Å². The zero-order valence-electron chi connectivity index (χ0n) is 12.5. The second-order valence-corrected chi connectivity index (χ2v) is 6.06. The van der Waals surface area contributed by atoms with Crippen LogP contribution in [0.3, 0.4) is 0 Å². The standard InChI is InChI=1S/C15H23F3N2/c1-14(2,3)19-11-12-5-7-13(8-6-12)20(4)10-9-15(16,17)18/h5-8,19H,9-11H2,1-4H3. The Labute approximate surface area is 119 Å². The monoisotopic (exact) mass is 288 g/mol. The van der Waals surface area contributed by atoms with E-state index in [1.807, 2.05) is 24.3 Å². The third kappa shape index (κ3) is 6.80. The van der Waals surface area contributed by atoms with Crippen LogP contribution in [0.2, 0.25) is 0 Å². The van der Waals surface area contributed by atoms with Gasteiger partial charge >= 0.3 is 6.18 Å². The van der Waals surface area contributed by atoms with Gasteiger partial charge < -0.3 is 10.2 Å². The number of anilines is 1. The van der Waals surface area contributed by atoms with Crippen molar-refractivity contribution in [2.24, 2.45) is 0 Å². The molecule has 20 heavy (non-hydrogen) atoms. The van der Waals surface area contributed by atoms with E-state index in [1.54, 1.807) is 11.9 Å². The highest BCUT2D eigenvalue weighted by Crippen LogP contribution is 2.22. The summed E-state index contributed by atoms with van der Waals surface area (Å²) in [5.74, 6) is 0. The van der Waals surface area contributed by atoms with Gasteiger partial charge in [-0.2, -0.15) is 13.2 Å². The molecule has 0 bridgehead atoms. The van der Waals surface area contributed by atoms with Crippen molar-refractivity contribution in [3.8, 4) is 0 Å². The molecule has 0 fully saturated rings. The first-order valence-electron chi connectivity index (χ1n) is 6.69. The van der Waals surface area contributed by atoms with Crippen LogP contribution in [-0.2, 0) is 6.54 Å². The molecule has 0 saturated heterocycles. The maximum atomic E-state index is 12.2. The van der Waals surface area contributed by atoms with Crippen molar-refractivity contribution in [2.75, 3.05) is 18.5 Å². The highest BCUT2D eigenvalue weighted by atomic mass is 19.4. The maximum absolute atomic E-state index is 12.2. The molecule has 0 atom stereocenters. The van der Waals surface area contributed by atoms with E-state index in [9.17, 15) is 13.2 Å². The fourth-order valence-electron chi connectivity index (χ4n) is 1.66. The van der Waals surface area contributed by atoms with E-state index < -0.39 is 12.6 Å². The third-order valence-corrected chi connectivity index (χ3v) is 2.93. The predicted octanol–water partition coefficient (Wildman–Crippen LogP) is 3.96. The van der Waals surface area contributed by atoms with Gasteiger partial charge in [-0.1, -0.05) is 12.1 Å². The van der Waals surface area contributed by atoms with Crippen LogP contribution in [0.15, 0.2) is 24.3 Å². The molecule has 0 saturated carbocycles. The summed E-state index contributed by atoms with van der Waals surface area (Å²) >= 11 is 0. The summed E-state index contributed by atoms with van der Waals surface area (Å²) in [6, 6.07) is 7.60. The molecular weight excluding hydrogens is 265 g/mol. The lowest BCUT2D eigenvalue weighted by Gasteiger charge is -2.22. The van der Waals surface area contributed by atoms with E-state index in [-0.39, 0.29) is 12.1 Å². The van der Waals surface area contributed by atoms with Crippen LogP contribution in [0.1, 0.15) is 32.8 Å². The Morgan fingerprint density at radius 2 is 1.60 bits per heavy atom. The highest BCUT2D eigenvalue weighted by molar-refractivity contribution is 5.46. The fraction of sp³-hybridized carbons (Fsp3) is 0.600. The molecule has 1 aromatic rings. The van der Waals surface area contributed by atoms with E-state index in [1.165, 1.54) is 0 Å². The maximum Gasteiger partial charge on any atom is 0.390 e. The fourth-order valence-corrected chi connectivity index (χ4v) is 1.66. The number of alkyl halides is 3. The van der Waals surface area contributed by atoms with Gasteiger partial charge in [0.25, 0.3) is 0 Å². The molecule has 114 valence electrons. The number of hydrogen-bond donors (Lipinski definition) is 1. The Balaban J connectivity index is 2.53. The number of halogens is 3. The summed E-state index contributed by atoms with van der Waals surface area (Å²) in [7, 11) is 1.67. The molecule has 1 N–H and O–H groups in total. The molecule has 0 radical (unpaired) electrons. The lowest BCUT2D eigenvalue weighted by molar-refractivity contribution is -0.132. The van der Waals surface area contributed by atoms with E-state index in [0.29, 0.717) is 0 Å². The quantitative estimate of drug-likeness (QED) is 0.882. The van der Waals surface area contributed by atoms with Gasteiger partial charge in [-0.05, 0) is 38.5 Å². The molecule has 0 aromatic heterocycles. The van der Waals surface area contributed by atoms with Crippen LogP contribution in [-0.4, -0.2) is 25.3 Å². The molecule has 1 aromatic carbocycles. The minimum Gasteiger partial charge on any atom is -0.374 e. The largest absolute Gasteiger partial charge is 0.390 e. The summed E-state index contributed by atoms with van der Waals surface area (Å²) in [6.07, 6.45) is -4.90. The van der Waals surface area contributed by atoms with Crippen molar-refractivity contribution < 1.29 is 13.2 Å². The van der Waals surface area contributed by atoms with Gasteiger partial charge in [0, 0.05) is 31.4 Å². The zero-order valence-corrected chi connectivity index (χ0v) is 12.5. The molecule has 0 heterocycles. The molecule has 2 nitrogen and oxygen atoms in total. The Morgan fingerprint density at radius 1 is 1.05 bits per heavy atom. The van der Waals surface area contributed by atoms with Gasteiger partial charge in [0.15, 0.2) is 0 Å². The molecule has 5 heteroatoms. The average molecular weight is 288 g/mol. The number of benzene rings is 1. The minimum atomic E-state index is -4.11. The lowest BCUT2D eigenvalue weighted by atomic mass is 10.1. The molecular formula is C15H23F3N2. The predicted molar refractivity (Wildman–Crippen MR) is 77.0 cm³/mol. The van der Waals surface area contributed by atoms with Crippen LogP contribution in [0.4, 0.5) is 18.9 Å². The Bertz CT molecular complexity index is 405. The van der Waals surface area contributed by atoms with Crippen LogP contribution >= 0.6 is 0 Å². The van der Waals surface area contributed by atoms with Crippen molar-refractivity contribution in [2.45, 2.75) is 45.5 Å². The molecule has 0 amide bonds. The summed E-state index contributed by atoms with van der Waals surface area (Å²) in [6.45, 7) is 6.99. The first-order chi connectivity index (χ1) is 9.07. The Kier molecular flexibility index (Phi) is 5.45. The second-order valence-electron chi connectivity index (χ2n) is 6.06. The molecule has 0 aliphatic heterocycles. The van der Waals surface area contributed by atoms with Gasteiger partial charge in [0.1, 0.15) is 0 Å². The molecule has 0 aliphatic carbocycles.